The molecule has 2 aliphatic rings. The number of nitrogens with zero attached hydrogens (tertiary/aromatic N) is 3. The summed E-state index contributed by atoms with van der Waals surface area (Å²) in [5.41, 5.74) is 1.78. The van der Waals surface area contributed by atoms with E-state index < -0.39 is 0 Å². The fourth-order valence-corrected chi connectivity index (χ4v) is 4.19. The molecule has 0 aromatic heterocycles. The molecule has 0 bridgehead atoms. The smallest absolute Gasteiger partial charge is 0.228 e. The quantitative estimate of drug-likeness (QED) is 0.782. The fraction of sp³-hybridized carbons (Fsp3) is 0.391. The summed E-state index contributed by atoms with van der Waals surface area (Å²) < 4.78 is 13.8. The molecule has 2 amide bonds. The van der Waals surface area contributed by atoms with Crippen molar-refractivity contribution in [3.05, 3.63) is 66.0 Å². The summed E-state index contributed by atoms with van der Waals surface area (Å²) >= 11 is 0. The van der Waals surface area contributed by atoms with Crippen LogP contribution in [-0.2, 0) is 16.0 Å². The molecule has 2 fully saturated rings. The highest BCUT2D eigenvalue weighted by Crippen LogP contribution is 2.23. The average Bonchev–Trinajstić information content (AvgIpc) is 3.14. The van der Waals surface area contributed by atoms with Gasteiger partial charge in [0.05, 0.1) is 5.92 Å². The van der Waals surface area contributed by atoms with Gasteiger partial charge in [0.2, 0.25) is 11.8 Å². The number of carbonyl (C=O) groups excluding carboxylic acids is 2. The van der Waals surface area contributed by atoms with Gasteiger partial charge in [-0.05, 0) is 30.2 Å². The lowest BCUT2D eigenvalue weighted by Crippen LogP contribution is -2.50. The minimum Gasteiger partial charge on any atom is -0.368 e. The molecule has 0 N–H and O–H groups in total. The van der Waals surface area contributed by atoms with Gasteiger partial charge < -0.3 is 14.7 Å². The van der Waals surface area contributed by atoms with E-state index in [9.17, 15) is 14.0 Å². The Morgan fingerprint density at radius 3 is 2.38 bits per heavy atom. The highest BCUT2D eigenvalue weighted by Gasteiger charge is 2.37. The number of hydrogen-bond acceptors (Lipinski definition) is 3. The minimum atomic E-state index is -0.286. The van der Waals surface area contributed by atoms with Crippen molar-refractivity contribution in [3.8, 4) is 0 Å². The van der Waals surface area contributed by atoms with Gasteiger partial charge in [0, 0.05) is 51.4 Å². The van der Waals surface area contributed by atoms with E-state index in [1.165, 1.54) is 11.8 Å². The molecule has 0 aliphatic carbocycles. The first-order valence-electron chi connectivity index (χ1n) is 10.2. The molecule has 29 heavy (non-hydrogen) atoms. The van der Waals surface area contributed by atoms with Gasteiger partial charge in [0.15, 0.2) is 0 Å². The highest BCUT2D eigenvalue weighted by atomic mass is 19.1. The predicted octanol–water partition coefficient (Wildman–Crippen LogP) is 2.57. The maximum Gasteiger partial charge on any atom is 0.228 e. The van der Waals surface area contributed by atoms with Crippen LogP contribution < -0.4 is 4.90 Å². The van der Waals surface area contributed by atoms with Crippen molar-refractivity contribution in [2.45, 2.75) is 12.8 Å². The van der Waals surface area contributed by atoms with E-state index in [2.05, 4.69) is 17.0 Å². The first-order chi connectivity index (χ1) is 14.1. The minimum absolute atomic E-state index is 0.0115. The van der Waals surface area contributed by atoms with Crippen molar-refractivity contribution >= 4 is 17.5 Å². The molecule has 1 unspecified atom stereocenters. The van der Waals surface area contributed by atoms with Crippen LogP contribution in [0, 0.1) is 11.7 Å². The van der Waals surface area contributed by atoms with Crippen molar-refractivity contribution in [1.29, 1.82) is 0 Å². The Hall–Kier alpha value is -2.89. The van der Waals surface area contributed by atoms with Crippen LogP contribution in [0.5, 0.6) is 0 Å². The van der Waals surface area contributed by atoms with Gasteiger partial charge in [-0.25, -0.2) is 4.39 Å². The predicted molar refractivity (Wildman–Crippen MR) is 110 cm³/mol. The van der Waals surface area contributed by atoms with E-state index in [0.29, 0.717) is 38.2 Å². The van der Waals surface area contributed by atoms with Crippen LogP contribution in [0.4, 0.5) is 10.1 Å². The van der Waals surface area contributed by atoms with Gasteiger partial charge in [-0.2, -0.15) is 0 Å². The number of anilines is 1. The molecule has 152 valence electrons. The standard InChI is InChI=1S/C23H26FN3O2/c24-21-9-5-4-6-18(21)10-11-27-17-19(16-22(27)28)23(29)26-14-12-25(13-15-26)20-7-2-1-3-8-20/h1-9,19H,10-17H2. The van der Waals surface area contributed by atoms with Crippen molar-refractivity contribution in [3.63, 3.8) is 0 Å². The second kappa shape index (κ2) is 8.64. The zero-order chi connectivity index (χ0) is 20.2. The molecule has 0 spiro atoms. The first-order valence-corrected chi connectivity index (χ1v) is 10.2. The summed E-state index contributed by atoms with van der Waals surface area (Å²) in [6.07, 6.45) is 0.726. The molecule has 2 saturated heterocycles. The summed E-state index contributed by atoms with van der Waals surface area (Å²) in [5, 5.41) is 0. The Labute approximate surface area is 170 Å². The number of benzene rings is 2. The fourth-order valence-electron chi connectivity index (χ4n) is 4.19. The van der Waals surface area contributed by atoms with Crippen LogP contribution in [0.15, 0.2) is 54.6 Å². The lowest BCUT2D eigenvalue weighted by Gasteiger charge is -2.37. The van der Waals surface area contributed by atoms with Gasteiger partial charge in [-0.3, -0.25) is 9.59 Å². The number of carbonyl (C=O) groups is 2. The molecule has 0 radical (unpaired) electrons. The summed E-state index contributed by atoms with van der Waals surface area (Å²) in [4.78, 5) is 31.2. The maximum atomic E-state index is 13.8. The molecular weight excluding hydrogens is 369 g/mol. The number of likely N-dealkylation sites (tertiary alicyclic amines) is 1. The monoisotopic (exact) mass is 395 g/mol. The number of piperazine rings is 1. The second-order valence-electron chi connectivity index (χ2n) is 7.73. The Morgan fingerprint density at radius 1 is 0.966 bits per heavy atom. The summed E-state index contributed by atoms with van der Waals surface area (Å²) in [6.45, 7) is 3.83. The van der Waals surface area contributed by atoms with Crippen molar-refractivity contribution in [2.75, 3.05) is 44.2 Å². The molecule has 2 heterocycles. The van der Waals surface area contributed by atoms with Gasteiger partial charge in [-0.15, -0.1) is 0 Å². The Kier molecular flexibility index (Phi) is 5.79. The summed E-state index contributed by atoms with van der Waals surface area (Å²) in [5.74, 6) is -0.475. The maximum absolute atomic E-state index is 13.8. The lowest BCUT2D eigenvalue weighted by molar-refractivity contribution is -0.136. The SMILES string of the molecule is O=C1CC(C(=O)N2CCN(c3ccccc3)CC2)CN1CCc1ccccc1F. The molecule has 6 heteroatoms. The lowest BCUT2D eigenvalue weighted by atomic mass is 10.1. The molecular formula is C23H26FN3O2. The van der Waals surface area contributed by atoms with Crippen LogP contribution in [0.3, 0.4) is 0 Å². The van der Waals surface area contributed by atoms with E-state index in [1.807, 2.05) is 23.1 Å². The van der Waals surface area contributed by atoms with Gasteiger partial charge in [0.25, 0.3) is 0 Å². The van der Waals surface area contributed by atoms with E-state index in [-0.39, 0.29) is 30.0 Å². The molecule has 1 atom stereocenters. The zero-order valence-corrected chi connectivity index (χ0v) is 16.5. The largest absolute Gasteiger partial charge is 0.368 e. The van der Waals surface area contributed by atoms with Crippen molar-refractivity contribution in [1.82, 2.24) is 9.80 Å². The average molecular weight is 395 g/mol. The molecule has 2 aliphatic heterocycles. The summed E-state index contributed by atoms with van der Waals surface area (Å²) in [6, 6.07) is 16.8. The summed E-state index contributed by atoms with van der Waals surface area (Å²) in [7, 11) is 0. The number of rotatable bonds is 5. The van der Waals surface area contributed by atoms with Gasteiger partial charge in [-0.1, -0.05) is 36.4 Å². The Morgan fingerprint density at radius 2 is 1.66 bits per heavy atom. The molecule has 4 rings (SSSR count). The number of para-hydroxylation sites is 1. The third-order valence-electron chi connectivity index (χ3n) is 5.89. The van der Waals surface area contributed by atoms with Crippen LogP contribution in [-0.4, -0.2) is 60.9 Å². The third-order valence-corrected chi connectivity index (χ3v) is 5.89. The normalized spacial score (nSPS) is 19.7. The van der Waals surface area contributed by atoms with Gasteiger partial charge in [0.1, 0.15) is 5.82 Å². The second-order valence-corrected chi connectivity index (χ2v) is 7.73. The van der Waals surface area contributed by atoms with Crippen LogP contribution in [0.1, 0.15) is 12.0 Å². The highest BCUT2D eigenvalue weighted by molar-refractivity contribution is 5.89. The van der Waals surface area contributed by atoms with Crippen LogP contribution in [0.2, 0.25) is 0 Å². The van der Waals surface area contributed by atoms with Crippen LogP contribution in [0.25, 0.3) is 0 Å². The van der Waals surface area contributed by atoms with Gasteiger partial charge >= 0.3 is 0 Å². The molecule has 5 nitrogen and oxygen atoms in total. The number of amides is 2. The topological polar surface area (TPSA) is 43.9 Å². The molecule has 0 saturated carbocycles. The van der Waals surface area contributed by atoms with E-state index in [1.54, 1.807) is 23.1 Å². The molecule has 2 aromatic carbocycles. The first kappa shape index (κ1) is 19.4. The van der Waals surface area contributed by atoms with Crippen molar-refractivity contribution in [2.24, 2.45) is 5.92 Å². The molecule has 2 aromatic rings. The Balaban J connectivity index is 1.29. The van der Waals surface area contributed by atoms with E-state index in [4.69, 9.17) is 0 Å². The van der Waals surface area contributed by atoms with Crippen molar-refractivity contribution < 1.29 is 14.0 Å². The number of hydrogen-bond donors (Lipinski definition) is 0. The van der Waals surface area contributed by atoms with E-state index in [0.717, 1.165) is 13.1 Å². The third kappa shape index (κ3) is 4.42. The Bertz CT molecular complexity index is 865. The van der Waals surface area contributed by atoms with Crippen LogP contribution >= 0.6 is 0 Å². The zero-order valence-electron chi connectivity index (χ0n) is 16.5. The van der Waals surface area contributed by atoms with E-state index >= 15 is 0 Å². The number of halogens is 1.